The quantitative estimate of drug-likeness (QED) is 0.847. The molecule has 7 heteroatoms. The Morgan fingerprint density at radius 2 is 1.78 bits per heavy atom. The summed E-state index contributed by atoms with van der Waals surface area (Å²) in [6.07, 6.45) is 7.41. The maximum Gasteiger partial charge on any atom is 0.214 e. The van der Waals surface area contributed by atoms with Gasteiger partial charge in [0.2, 0.25) is 5.82 Å². The molecule has 0 spiro atoms. The Balaban J connectivity index is 1.69. The number of aliphatic hydroxyl groups is 1. The van der Waals surface area contributed by atoms with Crippen LogP contribution in [0.1, 0.15) is 74.0 Å². The standard InChI is InChI=1S/C20H26N6O/c21-14-15-6-8-16(9-7-15)19(25-12-10-18(27)11-13-25)20-22-23-24-26(20)17-4-2-1-3-5-17/h6-9,17-19,27H,1-5,10-13H2/p+1/t19-/m0/s1. The van der Waals surface area contributed by atoms with E-state index < -0.39 is 0 Å². The predicted molar refractivity (Wildman–Crippen MR) is 98.9 cm³/mol. The highest BCUT2D eigenvalue weighted by molar-refractivity contribution is 5.33. The molecule has 1 aromatic heterocycles. The van der Waals surface area contributed by atoms with Gasteiger partial charge in [-0.1, -0.05) is 31.4 Å². The zero-order chi connectivity index (χ0) is 18.6. The van der Waals surface area contributed by atoms with Crippen molar-refractivity contribution in [2.24, 2.45) is 0 Å². The number of nitrogens with zero attached hydrogens (tertiary/aromatic N) is 5. The number of hydrogen-bond acceptors (Lipinski definition) is 5. The monoisotopic (exact) mass is 367 g/mol. The minimum atomic E-state index is -0.204. The summed E-state index contributed by atoms with van der Waals surface area (Å²) in [6, 6.07) is 10.4. The molecule has 2 heterocycles. The summed E-state index contributed by atoms with van der Waals surface area (Å²) in [7, 11) is 0. The first-order chi connectivity index (χ1) is 13.3. The van der Waals surface area contributed by atoms with Crippen LogP contribution in [0.5, 0.6) is 0 Å². The Bertz CT molecular complexity index is 782. The van der Waals surface area contributed by atoms with Crippen LogP contribution in [-0.2, 0) is 0 Å². The van der Waals surface area contributed by atoms with Gasteiger partial charge in [-0.15, -0.1) is 5.10 Å². The molecular formula is C20H27N6O+. The molecule has 0 bridgehead atoms. The Morgan fingerprint density at radius 1 is 1.07 bits per heavy atom. The maximum absolute atomic E-state index is 9.94. The molecule has 1 saturated heterocycles. The zero-order valence-electron chi connectivity index (χ0n) is 15.6. The molecule has 0 unspecified atom stereocenters. The number of quaternary nitrogens is 1. The molecule has 1 aliphatic heterocycles. The third-order valence-electron chi connectivity index (χ3n) is 6.08. The average molecular weight is 367 g/mol. The van der Waals surface area contributed by atoms with Gasteiger partial charge in [0.25, 0.3) is 0 Å². The van der Waals surface area contributed by atoms with Crippen molar-refractivity contribution in [1.82, 2.24) is 20.2 Å². The molecule has 2 N–H and O–H groups in total. The Hall–Kier alpha value is -2.30. The Kier molecular flexibility index (Phi) is 5.46. The first-order valence-corrected chi connectivity index (χ1v) is 10.1. The maximum atomic E-state index is 9.94. The topological polar surface area (TPSA) is 92.1 Å². The number of aromatic nitrogens is 4. The number of likely N-dealkylation sites (tertiary alicyclic amines) is 1. The van der Waals surface area contributed by atoms with Gasteiger partial charge >= 0.3 is 0 Å². The largest absolute Gasteiger partial charge is 0.393 e. The van der Waals surface area contributed by atoms with Gasteiger partial charge in [-0.05, 0) is 35.4 Å². The van der Waals surface area contributed by atoms with E-state index in [1.54, 1.807) is 0 Å². The molecule has 0 radical (unpaired) electrons. The smallest absolute Gasteiger partial charge is 0.214 e. The van der Waals surface area contributed by atoms with E-state index in [4.69, 9.17) is 5.26 Å². The van der Waals surface area contributed by atoms with Gasteiger partial charge in [0, 0.05) is 18.4 Å². The fraction of sp³-hybridized carbons (Fsp3) is 0.600. The second-order valence-corrected chi connectivity index (χ2v) is 7.83. The van der Waals surface area contributed by atoms with Crippen LogP contribution in [-0.4, -0.2) is 44.5 Å². The van der Waals surface area contributed by atoms with Crippen molar-refractivity contribution in [3.05, 3.63) is 41.2 Å². The summed E-state index contributed by atoms with van der Waals surface area (Å²) in [4.78, 5) is 1.39. The summed E-state index contributed by atoms with van der Waals surface area (Å²) in [5.74, 6) is 0.915. The van der Waals surface area contributed by atoms with E-state index in [1.165, 1.54) is 24.2 Å². The van der Waals surface area contributed by atoms with E-state index in [0.717, 1.165) is 50.2 Å². The third kappa shape index (κ3) is 3.87. The van der Waals surface area contributed by atoms with Crippen molar-refractivity contribution in [2.45, 2.75) is 63.1 Å². The molecule has 1 saturated carbocycles. The molecule has 1 aromatic carbocycles. The van der Waals surface area contributed by atoms with Crippen LogP contribution in [0.3, 0.4) is 0 Å². The summed E-state index contributed by atoms with van der Waals surface area (Å²) in [5.41, 5.74) is 1.79. The van der Waals surface area contributed by atoms with Crippen LogP contribution in [0.4, 0.5) is 0 Å². The van der Waals surface area contributed by atoms with Crippen LogP contribution >= 0.6 is 0 Å². The van der Waals surface area contributed by atoms with Crippen molar-refractivity contribution in [3.63, 3.8) is 0 Å². The lowest BCUT2D eigenvalue weighted by molar-refractivity contribution is -0.932. The second kappa shape index (κ2) is 8.15. The molecule has 2 aromatic rings. The van der Waals surface area contributed by atoms with Gasteiger partial charge in [-0.3, -0.25) is 0 Å². The number of hydrogen-bond donors (Lipinski definition) is 2. The van der Waals surface area contributed by atoms with Gasteiger partial charge in [-0.2, -0.15) is 5.26 Å². The second-order valence-electron chi connectivity index (χ2n) is 7.83. The molecular weight excluding hydrogens is 340 g/mol. The third-order valence-corrected chi connectivity index (χ3v) is 6.08. The molecule has 142 valence electrons. The minimum absolute atomic E-state index is 0.0298. The van der Waals surface area contributed by atoms with E-state index >= 15 is 0 Å². The minimum Gasteiger partial charge on any atom is -0.393 e. The van der Waals surface area contributed by atoms with Crippen molar-refractivity contribution in [1.29, 1.82) is 5.26 Å². The van der Waals surface area contributed by atoms with Crippen molar-refractivity contribution in [2.75, 3.05) is 13.1 Å². The molecule has 1 atom stereocenters. The number of nitrogens with one attached hydrogen (secondary N) is 1. The summed E-state index contributed by atoms with van der Waals surface area (Å²) >= 11 is 0. The van der Waals surface area contributed by atoms with E-state index in [0.29, 0.717) is 11.6 Å². The Labute approximate surface area is 159 Å². The average Bonchev–Trinajstić information content (AvgIpc) is 3.20. The highest BCUT2D eigenvalue weighted by atomic mass is 16.3. The van der Waals surface area contributed by atoms with Crippen molar-refractivity contribution >= 4 is 0 Å². The van der Waals surface area contributed by atoms with Crippen LogP contribution in [0.25, 0.3) is 0 Å². The fourth-order valence-corrected chi connectivity index (χ4v) is 4.56. The van der Waals surface area contributed by atoms with Crippen molar-refractivity contribution < 1.29 is 10.0 Å². The number of nitriles is 1. The first kappa shape index (κ1) is 18.1. The van der Waals surface area contributed by atoms with E-state index in [-0.39, 0.29) is 12.1 Å². The van der Waals surface area contributed by atoms with Crippen LogP contribution in [0.2, 0.25) is 0 Å². The van der Waals surface area contributed by atoms with Crippen molar-refractivity contribution in [3.8, 4) is 6.07 Å². The molecule has 27 heavy (non-hydrogen) atoms. The van der Waals surface area contributed by atoms with Gasteiger partial charge in [0.05, 0.1) is 36.9 Å². The van der Waals surface area contributed by atoms with Gasteiger partial charge in [0.15, 0.2) is 6.04 Å². The fourth-order valence-electron chi connectivity index (χ4n) is 4.56. The molecule has 2 aliphatic rings. The first-order valence-electron chi connectivity index (χ1n) is 10.1. The summed E-state index contributed by atoms with van der Waals surface area (Å²) < 4.78 is 2.06. The van der Waals surface area contributed by atoms with Gasteiger partial charge in [-0.25, -0.2) is 4.68 Å². The number of benzene rings is 1. The predicted octanol–water partition coefficient (Wildman–Crippen LogP) is 1.18. The molecule has 1 aliphatic carbocycles. The SMILES string of the molecule is N#Cc1ccc([C@@H](c2nnnn2C2CCCCC2)[NH+]2CCC(O)CC2)cc1. The van der Waals surface area contributed by atoms with E-state index in [9.17, 15) is 5.11 Å². The lowest BCUT2D eigenvalue weighted by atomic mass is 9.94. The van der Waals surface area contributed by atoms with Crippen LogP contribution < -0.4 is 4.90 Å². The van der Waals surface area contributed by atoms with E-state index in [2.05, 4.69) is 26.3 Å². The number of aliphatic hydroxyl groups excluding tert-OH is 1. The van der Waals surface area contributed by atoms with Gasteiger partial charge < -0.3 is 10.0 Å². The number of piperidine rings is 1. The Morgan fingerprint density at radius 3 is 2.44 bits per heavy atom. The highest BCUT2D eigenvalue weighted by Gasteiger charge is 2.35. The normalized spacial score (nSPS) is 25.0. The summed E-state index contributed by atoms with van der Waals surface area (Å²) in [5, 5.41) is 31.9. The summed E-state index contributed by atoms with van der Waals surface area (Å²) in [6.45, 7) is 1.78. The van der Waals surface area contributed by atoms with Crippen LogP contribution in [0, 0.1) is 11.3 Å². The number of tetrazole rings is 1. The lowest BCUT2D eigenvalue weighted by Crippen LogP contribution is -3.13. The molecule has 2 fully saturated rings. The lowest BCUT2D eigenvalue weighted by Gasteiger charge is -2.33. The zero-order valence-corrected chi connectivity index (χ0v) is 15.6. The molecule has 0 amide bonds. The van der Waals surface area contributed by atoms with Gasteiger partial charge in [0.1, 0.15) is 0 Å². The van der Waals surface area contributed by atoms with Crippen LogP contribution in [0.15, 0.2) is 24.3 Å². The highest BCUT2D eigenvalue weighted by Crippen LogP contribution is 2.30. The number of rotatable bonds is 4. The molecule has 7 nitrogen and oxygen atoms in total. The molecule has 4 rings (SSSR count). The van der Waals surface area contributed by atoms with E-state index in [1.807, 2.05) is 24.3 Å².